The summed E-state index contributed by atoms with van der Waals surface area (Å²) in [7, 11) is 0. The Labute approximate surface area is 279 Å². The Morgan fingerprint density at radius 3 is 2.44 bits per heavy atom. The Hall–Kier alpha value is -5.97. The lowest BCUT2D eigenvalue weighted by atomic mass is 9.92. The number of aromatic nitrogens is 5. The number of nitrogens with one attached hydrogen (secondary N) is 3. The molecule has 0 bridgehead atoms. The fourth-order valence-electron chi connectivity index (χ4n) is 5.05. The topological polar surface area (TPSA) is 128 Å². The molecule has 6 aromatic rings. The van der Waals surface area contributed by atoms with Crippen molar-refractivity contribution in [1.82, 2.24) is 24.7 Å². The Balaban J connectivity index is 1.17. The maximum absolute atomic E-state index is 13.4. The molecule has 48 heavy (non-hydrogen) atoms. The predicted octanol–water partition coefficient (Wildman–Crippen LogP) is 8.18. The number of carbonyl (C=O) groups is 1. The van der Waals surface area contributed by atoms with E-state index in [-0.39, 0.29) is 11.4 Å². The number of hydrogen-bond acceptors (Lipinski definition) is 8. The van der Waals surface area contributed by atoms with Crippen molar-refractivity contribution in [2.45, 2.75) is 46.6 Å². The summed E-state index contributed by atoms with van der Waals surface area (Å²) in [6.07, 6.45) is 4.88. The Morgan fingerprint density at radius 2 is 1.67 bits per heavy atom. The van der Waals surface area contributed by atoms with E-state index in [2.05, 4.69) is 51.7 Å². The van der Waals surface area contributed by atoms with Crippen molar-refractivity contribution in [3.63, 3.8) is 0 Å². The number of anilines is 4. The molecule has 244 valence electrons. The molecular weight excluding hydrogens is 604 g/mol. The lowest BCUT2D eigenvalue weighted by molar-refractivity contribution is 0.262. The molecule has 6 rings (SSSR count). The van der Waals surface area contributed by atoms with Crippen molar-refractivity contribution in [2.75, 3.05) is 22.6 Å². The summed E-state index contributed by atoms with van der Waals surface area (Å²) >= 11 is 0. The van der Waals surface area contributed by atoms with Crippen molar-refractivity contribution >= 4 is 39.9 Å². The van der Waals surface area contributed by atoms with Crippen molar-refractivity contribution in [3.05, 3.63) is 114 Å². The van der Waals surface area contributed by atoms with E-state index in [0.29, 0.717) is 48.0 Å². The lowest BCUT2D eigenvalue weighted by Crippen LogP contribution is -2.21. The van der Waals surface area contributed by atoms with E-state index in [1.165, 1.54) is 0 Å². The molecule has 11 heteroatoms. The molecule has 0 unspecified atom stereocenters. The zero-order valence-corrected chi connectivity index (χ0v) is 27.6. The molecule has 0 aliphatic rings. The maximum atomic E-state index is 13.4. The van der Waals surface area contributed by atoms with Crippen molar-refractivity contribution in [3.8, 4) is 17.3 Å². The van der Waals surface area contributed by atoms with Crippen LogP contribution >= 0.6 is 0 Å². The van der Waals surface area contributed by atoms with Gasteiger partial charge < -0.3 is 20.1 Å². The van der Waals surface area contributed by atoms with Crippen molar-refractivity contribution in [2.24, 2.45) is 0 Å². The summed E-state index contributed by atoms with van der Waals surface area (Å²) in [6.45, 7) is 11.0. The molecule has 0 saturated carbocycles. The first-order chi connectivity index (χ1) is 23.2. The molecule has 0 saturated heterocycles. The Morgan fingerprint density at radius 1 is 0.875 bits per heavy atom. The van der Waals surface area contributed by atoms with Crippen LogP contribution in [0.5, 0.6) is 11.6 Å². The molecule has 2 amide bonds. The minimum absolute atomic E-state index is 0.201. The zero-order valence-electron chi connectivity index (χ0n) is 27.6. The second kappa shape index (κ2) is 13.8. The van der Waals surface area contributed by atoms with Crippen LogP contribution < -0.4 is 25.4 Å². The number of nitrogens with zero attached hydrogens (tertiary/aromatic N) is 5. The first-order valence-electron chi connectivity index (χ1n) is 15.7. The van der Waals surface area contributed by atoms with Crippen LogP contribution in [0.2, 0.25) is 0 Å². The average Bonchev–Trinajstić information content (AvgIpc) is 3.49. The molecule has 0 fully saturated rings. The number of benzene rings is 3. The third-order valence-corrected chi connectivity index (χ3v) is 7.51. The molecule has 11 nitrogen and oxygen atoms in total. The van der Waals surface area contributed by atoms with Gasteiger partial charge in [0, 0.05) is 28.5 Å². The maximum Gasteiger partial charge on any atom is 0.324 e. The summed E-state index contributed by atoms with van der Waals surface area (Å²) in [4.78, 5) is 26.4. The smallest absolute Gasteiger partial charge is 0.324 e. The lowest BCUT2D eigenvalue weighted by Gasteiger charge is -2.15. The van der Waals surface area contributed by atoms with Gasteiger partial charge >= 0.3 is 6.03 Å². The second-order valence-electron chi connectivity index (χ2n) is 12.3. The van der Waals surface area contributed by atoms with Crippen LogP contribution in [0, 0.1) is 6.92 Å². The van der Waals surface area contributed by atoms with Crippen LogP contribution in [0.4, 0.5) is 27.9 Å². The van der Waals surface area contributed by atoms with Gasteiger partial charge in [-0.1, -0.05) is 62.7 Å². The highest BCUT2D eigenvalue weighted by molar-refractivity contribution is 6.07. The number of urea groups is 1. The van der Waals surface area contributed by atoms with Gasteiger partial charge in [-0.05, 0) is 55.8 Å². The van der Waals surface area contributed by atoms with Gasteiger partial charge in [0.15, 0.2) is 5.82 Å². The molecular formula is C37H38N8O3. The molecule has 3 N–H and O–H groups in total. The van der Waals surface area contributed by atoms with Crippen LogP contribution in [0.1, 0.15) is 44.5 Å². The van der Waals surface area contributed by atoms with Crippen LogP contribution in [0.15, 0.2) is 97.5 Å². The summed E-state index contributed by atoms with van der Waals surface area (Å²) in [5, 5.41) is 15.7. The van der Waals surface area contributed by atoms with E-state index in [9.17, 15) is 4.79 Å². The molecule has 0 radical (unpaired) electrons. The number of rotatable bonds is 10. The standard InChI is InChI=1S/C37H38N8O3/c1-6-47-35-22-38-21-33(42-35)41-32-19-25(17-18-39-32)23-48-30-16-15-29(27-9-7-8-10-28(27)30)40-36(46)43-34-20-31(37(3,4)5)44-45(34)26-13-11-24(2)12-14-26/h7-22H,6,23H2,1-5H3,(H,39,41,42)(H2,40,43,46). The fraction of sp³-hybridized carbons (Fsp3) is 0.216. The fourth-order valence-corrected chi connectivity index (χ4v) is 5.05. The second-order valence-corrected chi connectivity index (χ2v) is 12.3. The number of hydrogen-bond donors (Lipinski definition) is 3. The van der Waals surface area contributed by atoms with E-state index in [0.717, 1.165) is 33.3 Å². The van der Waals surface area contributed by atoms with Gasteiger partial charge in [0.1, 0.15) is 24.0 Å². The van der Waals surface area contributed by atoms with Gasteiger partial charge in [0.25, 0.3) is 0 Å². The summed E-state index contributed by atoms with van der Waals surface area (Å²) in [6, 6.07) is 24.9. The SMILES string of the molecule is CCOc1cncc(Nc2cc(COc3ccc(NC(=O)Nc4cc(C(C)(C)C)nn4-c4ccc(C)cc4)c4ccccc34)ccn2)n1. The highest BCUT2D eigenvalue weighted by atomic mass is 16.5. The van der Waals surface area contributed by atoms with E-state index in [1.807, 2.05) is 92.7 Å². The van der Waals surface area contributed by atoms with Crippen LogP contribution in [-0.4, -0.2) is 37.4 Å². The molecule has 0 aliphatic carbocycles. The van der Waals surface area contributed by atoms with E-state index in [4.69, 9.17) is 14.6 Å². The van der Waals surface area contributed by atoms with E-state index >= 15 is 0 Å². The summed E-state index contributed by atoms with van der Waals surface area (Å²) in [5.74, 6) is 2.83. The van der Waals surface area contributed by atoms with Gasteiger partial charge in [-0.15, -0.1) is 0 Å². The molecule has 0 aliphatic heterocycles. The van der Waals surface area contributed by atoms with Gasteiger partial charge in [-0.25, -0.2) is 14.5 Å². The highest BCUT2D eigenvalue weighted by Crippen LogP contribution is 2.33. The molecule has 0 spiro atoms. The van der Waals surface area contributed by atoms with Crippen molar-refractivity contribution in [1.29, 1.82) is 0 Å². The monoisotopic (exact) mass is 642 g/mol. The minimum Gasteiger partial charge on any atom is -0.488 e. The van der Waals surface area contributed by atoms with Crippen molar-refractivity contribution < 1.29 is 14.3 Å². The highest BCUT2D eigenvalue weighted by Gasteiger charge is 2.22. The number of fused-ring (bicyclic) bond motifs is 1. The number of ether oxygens (including phenoxy) is 2. The summed E-state index contributed by atoms with van der Waals surface area (Å²) < 4.78 is 13.5. The minimum atomic E-state index is -0.379. The number of aryl methyl sites for hydroxylation is 1. The third kappa shape index (κ3) is 7.52. The quantitative estimate of drug-likeness (QED) is 0.137. The number of carbonyl (C=O) groups excluding carboxylic acids is 1. The largest absolute Gasteiger partial charge is 0.488 e. The normalized spacial score (nSPS) is 11.3. The molecule has 0 atom stereocenters. The first-order valence-corrected chi connectivity index (χ1v) is 15.7. The van der Waals surface area contributed by atoms with Crippen LogP contribution in [0.3, 0.4) is 0 Å². The van der Waals surface area contributed by atoms with Gasteiger partial charge in [0.2, 0.25) is 5.88 Å². The average molecular weight is 643 g/mol. The zero-order chi connectivity index (χ0) is 33.7. The van der Waals surface area contributed by atoms with Crippen LogP contribution in [0.25, 0.3) is 16.5 Å². The van der Waals surface area contributed by atoms with E-state index in [1.54, 1.807) is 23.3 Å². The van der Waals surface area contributed by atoms with Gasteiger partial charge in [-0.3, -0.25) is 10.3 Å². The molecule has 3 aromatic carbocycles. The van der Waals surface area contributed by atoms with Crippen LogP contribution in [-0.2, 0) is 12.0 Å². The first kappa shape index (κ1) is 32.0. The molecule has 3 heterocycles. The van der Waals surface area contributed by atoms with Gasteiger partial charge in [-0.2, -0.15) is 10.1 Å². The van der Waals surface area contributed by atoms with Gasteiger partial charge in [0.05, 0.1) is 36.1 Å². The Bertz CT molecular complexity index is 2050. The Kier molecular flexibility index (Phi) is 9.20. The number of amides is 2. The number of pyridine rings is 1. The third-order valence-electron chi connectivity index (χ3n) is 7.51. The summed E-state index contributed by atoms with van der Waals surface area (Å²) in [5.41, 5.74) is 4.23. The molecule has 3 aromatic heterocycles. The predicted molar refractivity (Wildman–Crippen MR) is 189 cm³/mol. The van der Waals surface area contributed by atoms with E-state index < -0.39 is 0 Å².